The molecular weight excluding hydrogens is 366 g/mol. The zero-order chi connectivity index (χ0) is 15.7. The number of rotatable bonds is 2. The van der Waals surface area contributed by atoms with Gasteiger partial charge < -0.3 is 10.2 Å². The van der Waals surface area contributed by atoms with Crippen molar-refractivity contribution in [1.82, 2.24) is 10.3 Å². The zero-order valence-electron chi connectivity index (χ0n) is 12.3. The number of carbonyl (C=O) groups excluding carboxylic acids is 1. The molecule has 0 bridgehead atoms. The highest BCUT2D eigenvalue weighted by molar-refractivity contribution is 9.10. The van der Waals surface area contributed by atoms with Gasteiger partial charge in [-0.25, -0.2) is 0 Å². The van der Waals surface area contributed by atoms with Gasteiger partial charge in [0.05, 0.1) is 16.5 Å². The third-order valence-corrected chi connectivity index (χ3v) is 4.87. The fraction of sp³-hybridized carbons (Fsp3) is 0.375. The van der Waals surface area contributed by atoms with Crippen molar-refractivity contribution >= 4 is 50.0 Å². The number of benzene rings is 1. The molecule has 3 rings (SSSR count). The molecule has 1 saturated heterocycles. The Hall–Kier alpha value is -1.33. The van der Waals surface area contributed by atoms with E-state index in [2.05, 4.69) is 31.1 Å². The molecule has 6 heteroatoms. The quantitative estimate of drug-likeness (QED) is 0.863. The molecule has 1 fully saturated rings. The van der Waals surface area contributed by atoms with Gasteiger partial charge in [0.2, 0.25) is 5.91 Å². The van der Waals surface area contributed by atoms with Crippen LogP contribution >= 0.6 is 27.5 Å². The normalized spacial score (nSPS) is 18.5. The van der Waals surface area contributed by atoms with Gasteiger partial charge in [-0.15, -0.1) is 0 Å². The van der Waals surface area contributed by atoms with E-state index in [-0.39, 0.29) is 11.8 Å². The lowest BCUT2D eigenvalue weighted by atomic mass is 9.96. The Morgan fingerprint density at radius 3 is 3.09 bits per heavy atom. The molecule has 4 nitrogen and oxygen atoms in total. The average Bonchev–Trinajstić information content (AvgIpc) is 2.53. The molecule has 1 aromatic heterocycles. The summed E-state index contributed by atoms with van der Waals surface area (Å²) >= 11 is 9.79. The molecule has 1 atom stereocenters. The maximum atomic E-state index is 11.9. The number of hydrogen-bond donors (Lipinski definition) is 1. The molecule has 0 radical (unpaired) electrons. The van der Waals surface area contributed by atoms with Gasteiger partial charge in [-0.05, 0) is 31.0 Å². The Morgan fingerprint density at radius 1 is 1.50 bits per heavy atom. The lowest BCUT2D eigenvalue weighted by molar-refractivity contribution is -0.124. The first-order valence-electron chi connectivity index (χ1n) is 7.30. The second kappa shape index (κ2) is 6.42. The van der Waals surface area contributed by atoms with Crippen molar-refractivity contribution in [2.45, 2.75) is 12.8 Å². The highest BCUT2D eigenvalue weighted by Gasteiger charge is 2.26. The Kier molecular flexibility index (Phi) is 4.54. The van der Waals surface area contributed by atoms with E-state index < -0.39 is 0 Å². The van der Waals surface area contributed by atoms with Crippen LogP contribution in [0.3, 0.4) is 0 Å². The highest BCUT2D eigenvalue weighted by Crippen LogP contribution is 2.34. The van der Waals surface area contributed by atoms with Crippen LogP contribution in [0, 0.1) is 5.92 Å². The van der Waals surface area contributed by atoms with Crippen LogP contribution < -0.4 is 10.2 Å². The van der Waals surface area contributed by atoms with Crippen molar-refractivity contribution in [3.05, 3.63) is 33.9 Å². The van der Waals surface area contributed by atoms with Crippen LogP contribution in [0.15, 0.2) is 28.9 Å². The lowest BCUT2D eigenvalue weighted by Crippen LogP contribution is -2.42. The van der Waals surface area contributed by atoms with E-state index in [4.69, 9.17) is 11.6 Å². The summed E-state index contributed by atoms with van der Waals surface area (Å²) in [5, 5.41) is 4.40. The maximum Gasteiger partial charge on any atom is 0.224 e. The van der Waals surface area contributed by atoms with Gasteiger partial charge in [0, 0.05) is 41.9 Å². The van der Waals surface area contributed by atoms with Crippen molar-refractivity contribution in [3.63, 3.8) is 0 Å². The number of nitrogens with one attached hydrogen (secondary N) is 1. The van der Waals surface area contributed by atoms with E-state index in [1.165, 1.54) is 0 Å². The van der Waals surface area contributed by atoms with Crippen LogP contribution in [-0.2, 0) is 4.79 Å². The summed E-state index contributed by atoms with van der Waals surface area (Å²) in [5.74, 6) is 0.145. The minimum Gasteiger partial charge on any atom is -0.370 e. The predicted molar refractivity (Wildman–Crippen MR) is 93.5 cm³/mol. The maximum absolute atomic E-state index is 11.9. The Labute approximate surface area is 143 Å². The average molecular weight is 383 g/mol. The number of piperidine rings is 1. The first-order chi connectivity index (χ1) is 10.6. The number of nitrogens with zero attached hydrogens (tertiary/aromatic N) is 2. The van der Waals surface area contributed by atoms with Crippen molar-refractivity contribution in [2.75, 3.05) is 25.0 Å². The molecule has 0 spiro atoms. The molecule has 0 aliphatic carbocycles. The smallest absolute Gasteiger partial charge is 0.224 e. The second-order valence-electron chi connectivity index (χ2n) is 5.51. The number of amides is 1. The van der Waals surface area contributed by atoms with Crippen molar-refractivity contribution in [1.29, 1.82) is 0 Å². The number of hydrogen-bond acceptors (Lipinski definition) is 3. The number of pyridine rings is 1. The number of carbonyl (C=O) groups is 1. The number of fused-ring (bicyclic) bond motifs is 1. The van der Waals surface area contributed by atoms with Crippen LogP contribution in [0.2, 0.25) is 5.02 Å². The summed E-state index contributed by atoms with van der Waals surface area (Å²) in [7, 11) is 1.69. The molecule has 1 aliphatic heterocycles. The summed E-state index contributed by atoms with van der Waals surface area (Å²) in [6.07, 6.45) is 3.72. The number of aromatic nitrogens is 1. The topological polar surface area (TPSA) is 45.2 Å². The van der Waals surface area contributed by atoms with E-state index in [1.807, 2.05) is 18.2 Å². The molecule has 0 saturated carbocycles. The number of anilines is 1. The molecular formula is C16H17BrClN3O. The molecule has 2 heterocycles. The van der Waals surface area contributed by atoms with Crippen molar-refractivity contribution < 1.29 is 4.79 Å². The predicted octanol–water partition coefficient (Wildman–Crippen LogP) is 3.61. The minimum absolute atomic E-state index is 0.0320. The Bertz CT molecular complexity index is 722. The van der Waals surface area contributed by atoms with Gasteiger partial charge in [-0.2, -0.15) is 0 Å². The zero-order valence-corrected chi connectivity index (χ0v) is 14.6. The van der Waals surface area contributed by atoms with Gasteiger partial charge in [0.15, 0.2) is 0 Å². The van der Waals surface area contributed by atoms with E-state index in [9.17, 15) is 4.79 Å². The van der Waals surface area contributed by atoms with Gasteiger partial charge in [-0.3, -0.25) is 9.78 Å². The van der Waals surface area contributed by atoms with Gasteiger partial charge >= 0.3 is 0 Å². The summed E-state index contributed by atoms with van der Waals surface area (Å²) < 4.78 is 0.930. The fourth-order valence-electron chi connectivity index (χ4n) is 3.05. The SMILES string of the molecule is CNC(=O)C1CCCN(c2ccnc3c(Cl)cc(Br)cc23)C1. The van der Waals surface area contributed by atoms with E-state index in [0.29, 0.717) is 5.02 Å². The van der Waals surface area contributed by atoms with Gasteiger partial charge in [0.1, 0.15) is 0 Å². The third kappa shape index (κ3) is 2.92. The van der Waals surface area contributed by atoms with E-state index >= 15 is 0 Å². The van der Waals surface area contributed by atoms with E-state index in [1.54, 1.807) is 13.2 Å². The molecule has 2 aromatic rings. The van der Waals surface area contributed by atoms with Crippen LogP contribution in [0.4, 0.5) is 5.69 Å². The van der Waals surface area contributed by atoms with Crippen molar-refractivity contribution in [2.24, 2.45) is 5.92 Å². The minimum atomic E-state index is 0.0320. The Balaban J connectivity index is 2.01. The number of halogens is 2. The molecule has 22 heavy (non-hydrogen) atoms. The molecule has 1 N–H and O–H groups in total. The largest absolute Gasteiger partial charge is 0.370 e. The molecule has 1 aliphatic rings. The standard InChI is InChI=1S/C16H17BrClN3O/c1-19-16(22)10-3-2-6-21(9-10)14-4-5-20-15-12(14)7-11(17)8-13(15)18/h4-5,7-8,10H,2-3,6,9H2,1H3,(H,19,22). The highest BCUT2D eigenvalue weighted by atomic mass is 79.9. The van der Waals surface area contributed by atoms with Crippen LogP contribution in [0.25, 0.3) is 10.9 Å². The Morgan fingerprint density at radius 2 is 2.32 bits per heavy atom. The van der Waals surface area contributed by atoms with Crippen LogP contribution in [0.5, 0.6) is 0 Å². The van der Waals surface area contributed by atoms with Gasteiger partial charge in [-0.1, -0.05) is 27.5 Å². The molecule has 1 aromatic carbocycles. The third-order valence-electron chi connectivity index (χ3n) is 4.12. The van der Waals surface area contributed by atoms with Gasteiger partial charge in [0.25, 0.3) is 0 Å². The van der Waals surface area contributed by atoms with E-state index in [0.717, 1.165) is 47.0 Å². The second-order valence-corrected chi connectivity index (χ2v) is 6.84. The summed E-state index contributed by atoms with van der Waals surface area (Å²) in [5.41, 5.74) is 1.88. The monoisotopic (exact) mass is 381 g/mol. The molecule has 1 amide bonds. The van der Waals surface area contributed by atoms with Crippen LogP contribution in [-0.4, -0.2) is 31.0 Å². The first kappa shape index (κ1) is 15.6. The summed E-state index contributed by atoms with van der Waals surface area (Å²) in [6, 6.07) is 5.88. The summed E-state index contributed by atoms with van der Waals surface area (Å²) in [4.78, 5) is 18.6. The fourth-order valence-corrected chi connectivity index (χ4v) is 3.91. The molecule has 1 unspecified atom stereocenters. The van der Waals surface area contributed by atoms with Crippen molar-refractivity contribution in [3.8, 4) is 0 Å². The lowest BCUT2D eigenvalue weighted by Gasteiger charge is -2.34. The first-order valence-corrected chi connectivity index (χ1v) is 8.47. The summed E-state index contributed by atoms with van der Waals surface area (Å²) in [6.45, 7) is 1.67. The van der Waals surface area contributed by atoms with Crippen LogP contribution in [0.1, 0.15) is 12.8 Å². The molecule has 116 valence electrons.